The number of benzene rings is 1. The second-order valence-electron chi connectivity index (χ2n) is 6.70. The molecular weight excluding hydrogens is 336 g/mol. The largest absolute Gasteiger partial charge is 0.465 e. The third kappa shape index (κ3) is 5.08. The van der Waals surface area contributed by atoms with E-state index in [2.05, 4.69) is 13.5 Å². The van der Waals surface area contributed by atoms with E-state index in [9.17, 15) is 4.79 Å². The van der Waals surface area contributed by atoms with Crippen molar-refractivity contribution in [3.05, 3.63) is 46.5 Å². The van der Waals surface area contributed by atoms with Gasteiger partial charge in [-0.15, -0.1) is 6.58 Å². The van der Waals surface area contributed by atoms with Crippen molar-refractivity contribution in [3.8, 4) is 0 Å². The molecule has 1 unspecified atom stereocenters. The quantitative estimate of drug-likeness (QED) is 0.447. The predicted molar refractivity (Wildman–Crippen MR) is 103 cm³/mol. The average molecular weight is 365 g/mol. The van der Waals surface area contributed by atoms with Gasteiger partial charge in [0.15, 0.2) is 0 Å². The molecule has 1 aromatic rings. The zero-order valence-electron chi connectivity index (χ0n) is 15.4. The number of esters is 1. The maximum atomic E-state index is 12.3. The van der Waals surface area contributed by atoms with Crippen LogP contribution in [0.5, 0.6) is 0 Å². The van der Waals surface area contributed by atoms with E-state index in [1.165, 1.54) is 12.7 Å². The van der Waals surface area contributed by atoms with Gasteiger partial charge in [-0.3, -0.25) is 0 Å². The minimum atomic E-state index is -0.332. The van der Waals surface area contributed by atoms with Gasteiger partial charge in [0.05, 0.1) is 12.7 Å². The summed E-state index contributed by atoms with van der Waals surface area (Å²) in [5.74, 6) is 0.621. The highest BCUT2D eigenvalue weighted by atomic mass is 35.5. The zero-order chi connectivity index (χ0) is 18.2. The van der Waals surface area contributed by atoms with Gasteiger partial charge in [0.2, 0.25) is 0 Å². The van der Waals surface area contributed by atoms with E-state index in [0.29, 0.717) is 28.8 Å². The van der Waals surface area contributed by atoms with Gasteiger partial charge in [-0.25, -0.2) is 4.79 Å². The minimum absolute atomic E-state index is 0.332. The van der Waals surface area contributed by atoms with Crippen molar-refractivity contribution in [2.75, 3.05) is 20.3 Å². The van der Waals surface area contributed by atoms with Crippen LogP contribution in [0.2, 0.25) is 5.02 Å². The molecular formula is C21H29ClO3. The highest BCUT2D eigenvalue weighted by Gasteiger charge is 2.29. The van der Waals surface area contributed by atoms with Crippen molar-refractivity contribution in [1.82, 2.24) is 0 Å². The summed E-state index contributed by atoms with van der Waals surface area (Å²) in [6, 6.07) is 3.76. The highest BCUT2D eigenvalue weighted by molar-refractivity contribution is 6.31. The number of carbonyl (C=O) groups is 1. The monoisotopic (exact) mass is 364 g/mol. The summed E-state index contributed by atoms with van der Waals surface area (Å²) >= 11 is 6.38. The number of halogens is 1. The summed E-state index contributed by atoms with van der Waals surface area (Å²) in [7, 11) is 1.41. The summed E-state index contributed by atoms with van der Waals surface area (Å²) in [5.41, 5.74) is 2.77. The molecule has 1 fully saturated rings. The molecule has 0 N–H and O–H groups in total. The zero-order valence-corrected chi connectivity index (χ0v) is 16.1. The molecule has 1 atom stereocenters. The van der Waals surface area contributed by atoms with E-state index in [4.69, 9.17) is 21.1 Å². The molecule has 0 bridgehead atoms. The summed E-state index contributed by atoms with van der Waals surface area (Å²) in [6.07, 6.45) is 8.02. The van der Waals surface area contributed by atoms with Crippen LogP contribution in [0, 0.1) is 5.92 Å². The number of carbonyl (C=O) groups excluding carboxylic acids is 1. The molecule has 0 aromatic heterocycles. The lowest BCUT2D eigenvalue weighted by Crippen LogP contribution is -2.24. The smallest absolute Gasteiger partial charge is 0.338 e. The van der Waals surface area contributed by atoms with Gasteiger partial charge in [0.25, 0.3) is 0 Å². The summed E-state index contributed by atoms with van der Waals surface area (Å²) in [5, 5.41) is 0.594. The fourth-order valence-electron chi connectivity index (χ4n) is 3.84. The molecule has 25 heavy (non-hydrogen) atoms. The van der Waals surface area contributed by atoms with Gasteiger partial charge in [-0.05, 0) is 60.8 Å². The van der Waals surface area contributed by atoms with Crippen molar-refractivity contribution in [2.45, 2.75) is 51.4 Å². The van der Waals surface area contributed by atoms with Crippen molar-refractivity contribution in [3.63, 3.8) is 0 Å². The molecule has 138 valence electrons. The second kappa shape index (κ2) is 9.98. The van der Waals surface area contributed by atoms with E-state index >= 15 is 0 Å². The number of ether oxygens (including phenoxy) is 2. The first-order valence-electron chi connectivity index (χ1n) is 9.21. The van der Waals surface area contributed by atoms with Crippen LogP contribution in [0.4, 0.5) is 0 Å². The van der Waals surface area contributed by atoms with E-state index < -0.39 is 0 Å². The van der Waals surface area contributed by atoms with Crippen LogP contribution in [0.25, 0.3) is 0 Å². The molecule has 0 aliphatic carbocycles. The van der Waals surface area contributed by atoms with Crippen LogP contribution < -0.4 is 0 Å². The number of methoxy groups -OCH3 is 1. The average Bonchev–Trinajstić information content (AvgIpc) is 2.64. The predicted octanol–water partition coefficient (Wildman–Crippen LogP) is 5.56. The Bertz CT molecular complexity index is 591. The molecule has 1 aromatic carbocycles. The lowest BCUT2D eigenvalue weighted by molar-refractivity contribution is 0.0560. The number of allylic oxidation sites excluding steroid dienone is 1. The van der Waals surface area contributed by atoms with Gasteiger partial charge in [-0.2, -0.15) is 0 Å². The number of rotatable bonds is 8. The maximum Gasteiger partial charge on any atom is 0.338 e. The Labute approximate surface area is 156 Å². The standard InChI is InChI=1S/C21H29ClO3/c1-4-6-8-17(15-9-11-25-12-10-15)19-13-16(22)14-20(21(23)24-3)18(19)7-5-2/h5,13-15,17H,2,4,6-12H2,1,3H3. The van der Waals surface area contributed by atoms with Crippen LogP contribution in [0.15, 0.2) is 24.8 Å². The third-order valence-corrected chi connectivity index (χ3v) is 5.32. The Hall–Kier alpha value is -1.32. The number of hydrogen-bond acceptors (Lipinski definition) is 3. The van der Waals surface area contributed by atoms with Crippen LogP contribution >= 0.6 is 11.6 Å². The maximum absolute atomic E-state index is 12.3. The number of hydrogen-bond donors (Lipinski definition) is 0. The van der Waals surface area contributed by atoms with Gasteiger partial charge < -0.3 is 9.47 Å². The summed E-state index contributed by atoms with van der Waals surface area (Å²) in [6.45, 7) is 7.71. The number of unbranched alkanes of at least 4 members (excludes halogenated alkanes) is 1. The molecule has 1 saturated heterocycles. The molecule has 2 rings (SSSR count). The van der Waals surface area contributed by atoms with Crippen molar-refractivity contribution < 1.29 is 14.3 Å². The Balaban J connectivity index is 2.51. The van der Waals surface area contributed by atoms with Crippen LogP contribution in [-0.4, -0.2) is 26.3 Å². The van der Waals surface area contributed by atoms with Crippen LogP contribution in [0.3, 0.4) is 0 Å². The van der Waals surface area contributed by atoms with Crippen molar-refractivity contribution in [2.24, 2.45) is 5.92 Å². The minimum Gasteiger partial charge on any atom is -0.465 e. The first-order chi connectivity index (χ1) is 12.1. The molecule has 0 radical (unpaired) electrons. The molecule has 3 nitrogen and oxygen atoms in total. The van der Waals surface area contributed by atoms with E-state index in [0.717, 1.165) is 50.9 Å². The molecule has 0 saturated carbocycles. The lowest BCUT2D eigenvalue weighted by Gasteiger charge is -2.32. The van der Waals surface area contributed by atoms with Crippen molar-refractivity contribution in [1.29, 1.82) is 0 Å². The molecule has 1 aliphatic heterocycles. The molecule has 1 heterocycles. The van der Waals surface area contributed by atoms with Gasteiger partial charge >= 0.3 is 5.97 Å². The molecule has 4 heteroatoms. The van der Waals surface area contributed by atoms with Gasteiger partial charge in [0.1, 0.15) is 0 Å². The van der Waals surface area contributed by atoms with Crippen LogP contribution in [-0.2, 0) is 15.9 Å². The Morgan fingerprint density at radius 2 is 2.16 bits per heavy atom. The molecule has 0 amide bonds. The van der Waals surface area contributed by atoms with Gasteiger partial charge in [0, 0.05) is 18.2 Å². The Morgan fingerprint density at radius 3 is 2.76 bits per heavy atom. The van der Waals surface area contributed by atoms with Gasteiger partial charge in [-0.1, -0.05) is 37.4 Å². The topological polar surface area (TPSA) is 35.5 Å². The molecule has 0 spiro atoms. The first-order valence-corrected chi connectivity index (χ1v) is 9.59. The lowest BCUT2D eigenvalue weighted by atomic mass is 9.75. The van der Waals surface area contributed by atoms with Crippen molar-refractivity contribution >= 4 is 17.6 Å². The second-order valence-corrected chi connectivity index (χ2v) is 7.14. The van der Waals surface area contributed by atoms with E-state index in [-0.39, 0.29) is 5.97 Å². The fraction of sp³-hybridized carbons (Fsp3) is 0.571. The SMILES string of the molecule is C=CCc1c(C(=O)OC)cc(Cl)cc1C(CCCC)C1CCOCC1. The fourth-order valence-corrected chi connectivity index (χ4v) is 4.07. The normalized spacial score (nSPS) is 16.4. The Kier molecular flexibility index (Phi) is 7.98. The third-order valence-electron chi connectivity index (χ3n) is 5.11. The van der Waals surface area contributed by atoms with E-state index in [1.54, 1.807) is 6.07 Å². The summed E-state index contributed by atoms with van der Waals surface area (Å²) < 4.78 is 10.5. The van der Waals surface area contributed by atoms with Crippen LogP contribution in [0.1, 0.15) is 66.4 Å². The highest BCUT2D eigenvalue weighted by Crippen LogP contribution is 2.40. The molecule has 1 aliphatic rings. The first kappa shape index (κ1) is 20.0. The Morgan fingerprint density at radius 1 is 1.44 bits per heavy atom. The van der Waals surface area contributed by atoms with E-state index in [1.807, 2.05) is 12.1 Å². The summed E-state index contributed by atoms with van der Waals surface area (Å²) in [4.78, 5) is 12.3.